The van der Waals surface area contributed by atoms with Gasteiger partial charge in [0.2, 0.25) is 0 Å². The van der Waals surface area contributed by atoms with Crippen LogP contribution in [0.1, 0.15) is 13.3 Å². The summed E-state index contributed by atoms with van der Waals surface area (Å²) in [6.07, 6.45) is 7.68. The van der Waals surface area contributed by atoms with Gasteiger partial charge in [0, 0.05) is 6.61 Å². The van der Waals surface area contributed by atoms with Gasteiger partial charge in [-0.3, -0.25) is 0 Å². The zero-order valence-corrected chi connectivity index (χ0v) is 11.2. The van der Waals surface area contributed by atoms with Gasteiger partial charge in [-0.15, -0.1) is 6.42 Å². The van der Waals surface area contributed by atoms with Crippen LogP contribution in [0.2, 0.25) is 0 Å². The maximum absolute atomic E-state index is 5.01. The van der Waals surface area contributed by atoms with Crippen LogP contribution in [0, 0.1) is 6.08 Å². The van der Waals surface area contributed by atoms with Crippen molar-refractivity contribution in [3.05, 3.63) is 24.0 Å². The Morgan fingerprint density at radius 1 is 1.69 bits per heavy atom. The van der Waals surface area contributed by atoms with E-state index in [0.717, 1.165) is 12.2 Å². The number of halogens is 2. The van der Waals surface area contributed by atoms with Gasteiger partial charge in [-0.25, -0.2) is 6.08 Å². The van der Waals surface area contributed by atoms with Gasteiger partial charge in [-0.05, 0) is 6.92 Å². The second kappa shape index (κ2) is 10.8. The fourth-order valence-electron chi connectivity index (χ4n) is 0.619. The molecule has 0 bridgehead atoms. The molecule has 0 N–H and O–H groups in total. The summed E-state index contributed by atoms with van der Waals surface area (Å²) in [7, 11) is 11.2. The molecule has 71 valence electrons. The van der Waals surface area contributed by atoms with E-state index in [1.54, 1.807) is 0 Å². The molecular formula is C7H9BCl2O2Zr-. The van der Waals surface area contributed by atoms with Crippen LogP contribution in [0.3, 0.4) is 0 Å². The minimum atomic E-state index is -0.826. The maximum atomic E-state index is 5.01. The van der Waals surface area contributed by atoms with E-state index in [1.165, 1.54) is 7.69 Å². The number of allylic oxidation sites excluding steroid dienone is 3. The van der Waals surface area contributed by atoms with Crippen LogP contribution in [0.4, 0.5) is 0 Å². The van der Waals surface area contributed by atoms with Gasteiger partial charge in [-0.1, -0.05) is 5.76 Å². The summed E-state index contributed by atoms with van der Waals surface area (Å²) >= 11 is -0.826. The van der Waals surface area contributed by atoms with Crippen LogP contribution in [-0.2, 0) is 30.2 Å². The van der Waals surface area contributed by atoms with E-state index in [-0.39, 0.29) is 0 Å². The van der Waals surface area contributed by atoms with Gasteiger partial charge in [-0.2, -0.15) is 12.2 Å². The van der Waals surface area contributed by atoms with Gasteiger partial charge in [0.05, 0.1) is 0 Å². The van der Waals surface area contributed by atoms with Crippen molar-refractivity contribution in [1.82, 2.24) is 0 Å². The molecule has 6 heteroatoms. The van der Waals surface area contributed by atoms with E-state index < -0.39 is 20.8 Å². The average Bonchev–Trinajstić information content (AvgIpc) is 2.59. The number of hydrogen-bond donors (Lipinski definition) is 0. The first-order valence-electron chi connectivity index (χ1n) is 3.68. The molecule has 0 spiro atoms. The van der Waals surface area contributed by atoms with E-state index >= 15 is 0 Å². The van der Waals surface area contributed by atoms with Crippen molar-refractivity contribution in [2.45, 2.75) is 13.3 Å². The molecule has 0 amide bonds. The molecule has 2 nitrogen and oxygen atoms in total. The van der Waals surface area contributed by atoms with Crippen molar-refractivity contribution in [3.8, 4) is 0 Å². The van der Waals surface area contributed by atoms with Crippen molar-refractivity contribution in [1.29, 1.82) is 0 Å². The zero-order valence-electron chi connectivity index (χ0n) is 7.22. The predicted octanol–water partition coefficient (Wildman–Crippen LogP) is 2.60. The van der Waals surface area contributed by atoms with E-state index in [1.807, 2.05) is 19.1 Å². The Morgan fingerprint density at radius 3 is 2.85 bits per heavy atom. The third-order valence-electron chi connectivity index (χ3n) is 1.07. The van der Waals surface area contributed by atoms with Crippen LogP contribution in [-0.4, -0.2) is 14.3 Å². The molecule has 1 rings (SSSR count). The normalized spacial score (nSPS) is 12.7. The van der Waals surface area contributed by atoms with Gasteiger partial charge < -0.3 is 9.31 Å². The first-order chi connectivity index (χ1) is 6.35. The molecule has 1 radical (unpaired) electrons. The Labute approximate surface area is 98.2 Å². The van der Waals surface area contributed by atoms with Gasteiger partial charge in [0.15, 0.2) is 0 Å². The summed E-state index contributed by atoms with van der Waals surface area (Å²) in [4.78, 5) is 0. The van der Waals surface area contributed by atoms with E-state index in [0.29, 0.717) is 6.61 Å². The topological polar surface area (TPSA) is 18.5 Å². The summed E-state index contributed by atoms with van der Waals surface area (Å²) in [5.74, 6) is 0.744. The first kappa shape index (κ1) is 13.8. The van der Waals surface area contributed by atoms with Crippen molar-refractivity contribution in [3.63, 3.8) is 0 Å². The third-order valence-corrected chi connectivity index (χ3v) is 1.07. The molecule has 0 saturated heterocycles. The Hall–Kier alpha value is 0.768. The van der Waals surface area contributed by atoms with E-state index in [2.05, 4.69) is 6.08 Å². The predicted molar refractivity (Wildman–Crippen MR) is 50.7 cm³/mol. The minimum absolute atomic E-state index is 0.636. The fraction of sp³-hybridized carbons (Fsp3) is 0.429. The van der Waals surface area contributed by atoms with Gasteiger partial charge >= 0.3 is 45.6 Å². The van der Waals surface area contributed by atoms with Crippen LogP contribution < -0.4 is 0 Å². The third kappa shape index (κ3) is 9.08. The summed E-state index contributed by atoms with van der Waals surface area (Å²) < 4.78 is 9.87. The molecule has 0 fully saturated rings. The summed E-state index contributed by atoms with van der Waals surface area (Å²) in [5.41, 5.74) is 0. The standard InChI is InChI=1S/C7H9BO2.2ClH.Zr/c1-2-9-8-10-7-5-3-4-6-7;;;/h3,5H,2,4H2,1H3;2*1H;/q-1;;;+2/p-2. The van der Waals surface area contributed by atoms with E-state index in [9.17, 15) is 0 Å². The molecule has 0 heterocycles. The number of rotatable bonds is 4. The summed E-state index contributed by atoms with van der Waals surface area (Å²) in [5, 5.41) is 0. The molecular weight excluding hydrogens is 289 g/mol. The molecule has 1 aliphatic rings. The van der Waals surface area contributed by atoms with Crippen molar-refractivity contribution >= 4 is 24.7 Å². The molecule has 0 aromatic heterocycles. The molecule has 1 aliphatic carbocycles. The Balaban J connectivity index is 0.000000424. The molecule has 0 atom stereocenters. The van der Waals surface area contributed by atoms with Crippen LogP contribution in [0.25, 0.3) is 0 Å². The molecule has 0 aromatic rings. The molecule has 0 saturated carbocycles. The quantitative estimate of drug-likeness (QED) is 0.451. The van der Waals surface area contributed by atoms with Gasteiger partial charge in [0.1, 0.15) is 0 Å². The van der Waals surface area contributed by atoms with Crippen LogP contribution >= 0.6 is 17.0 Å². The monoisotopic (exact) mass is 296 g/mol. The van der Waals surface area contributed by atoms with Gasteiger partial charge in [0.25, 0.3) is 0 Å². The van der Waals surface area contributed by atoms with Crippen LogP contribution in [0.15, 0.2) is 17.9 Å². The number of hydrogen-bond acceptors (Lipinski definition) is 2. The molecule has 0 aliphatic heterocycles. The van der Waals surface area contributed by atoms with Crippen molar-refractivity contribution < 1.29 is 30.2 Å². The fourth-order valence-corrected chi connectivity index (χ4v) is 0.619. The Bertz CT molecular complexity index is 176. The SMILES string of the molecule is CCO[B]OC1=[C-]CC=C1.[Cl][Zr][Cl]. The molecule has 0 aromatic carbocycles. The average molecular weight is 298 g/mol. The Kier molecular flexibility index (Phi) is 11.5. The second-order valence-electron chi connectivity index (χ2n) is 1.89. The summed E-state index contributed by atoms with van der Waals surface area (Å²) in [6, 6.07) is 0. The van der Waals surface area contributed by atoms with Crippen LogP contribution in [0.5, 0.6) is 0 Å². The first-order valence-corrected chi connectivity index (χ1v) is 10.0. The zero-order chi connectivity index (χ0) is 9.94. The van der Waals surface area contributed by atoms with Crippen molar-refractivity contribution in [2.24, 2.45) is 0 Å². The molecule has 13 heavy (non-hydrogen) atoms. The Morgan fingerprint density at radius 2 is 2.38 bits per heavy atom. The second-order valence-corrected chi connectivity index (χ2v) is 5.62. The van der Waals surface area contributed by atoms with Crippen molar-refractivity contribution in [2.75, 3.05) is 6.61 Å². The summed E-state index contributed by atoms with van der Waals surface area (Å²) in [6.45, 7) is 2.54. The molecule has 0 unspecified atom stereocenters. The van der Waals surface area contributed by atoms with E-state index in [4.69, 9.17) is 26.3 Å².